The van der Waals surface area contributed by atoms with Crippen molar-refractivity contribution < 1.29 is 14.3 Å². The minimum atomic E-state index is -0.522. The Bertz CT molecular complexity index is 407. The highest BCUT2D eigenvalue weighted by atomic mass is 16.6. The number of fused-ring (bicyclic) bond motifs is 1. The molecular weight excluding hydrogens is 180 g/mol. The summed E-state index contributed by atoms with van der Waals surface area (Å²) in [5.74, 6) is -0.977. The molecule has 0 bridgehead atoms. The van der Waals surface area contributed by atoms with Gasteiger partial charge in [0, 0.05) is 0 Å². The van der Waals surface area contributed by atoms with Crippen molar-refractivity contribution >= 4 is 11.9 Å². The molecule has 0 atom stereocenters. The maximum Gasteiger partial charge on any atom is 0.346 e. The molecule has 0 fully saturated rings. The summed E-state index contributed by atoms with van der Waals surface area (Å²) in [6.45, 7) is 2.00. The molecule has 0 unspecified atom stereocenters. The Morgan fingerprint density at radius 3 is 2.86 bits per heavy atom. The first-order valence-electron chi connectivity index (χ1n) is 4.58. The number of ether oxygens (including phenoxy) is 1. The maximum atomic E-state index is 11.3. The van der Waals surface area contributed by atoms with Crippen LogP contribution in [-0.4, -0.2) is 11.9 Å². The molecule has 0 spiro atoms. The molecule has 1 aromatic carbocycles. The summed E-state index contributed by atoms with van der Waals surface area (Å²) in [5, 5.41) is 0. The fourth-order valence-corrected chi connectivity index (χ4v) is 1.70. The minimum absolute atomic E-state index is 0.213. The molecule has 14 heavy (non-hydrogen) atoms. The first-order valence-corrected chi connectivity index (χ1v) is 4.58. The highest BCUT2D eigenvalue weighted by Gasteiger charge is 2.25. The number of benzene rings is 1. The van der Waals surface area contributed by atoms with E-state index in [1.54, 1.807) is 6.07 Å². The van der Waals surface area contributed by atoms with Crippen LogP contribution in [0.5, 0.6) is 0 Å². The Morgan fingerprint density at radius 1 is 1.36 bits per heavy atom. The molecule has 1 aliphatic heterocycles. The van der Waals surface area contributed by atoms with Gasteiger partial charge >= 0.3 is 11.9 Å². The molecule has 0 N–H and O–H groups in total. The van der Waals surface area contributed by atoms with Gasteiger partial charge in [-0.2, -0.15) is 0 Å². The lowest BCUT2D eigenvalue weighted by molar-refractivity contribution is -0.137. The van der Waals surface area contributed by atoms with Gasteiger partial charge in [0.05, 0.1) is 12.0 Å². The van der Waals surface area contributed by atoms with Crippen molar-refractivity contribution in [3.63, 3.8) is 0 Å². The van der Waals surface area contributed by atoms with Crippen LogP contribution in [-0.2, 0) is 22.4 Å². The fourth-order valence-electron chi connectivity index (χ4n) is 1.70. The molecular formula is C11H10O3. The van der Waals surface area contributed by atoms with Crippen molar-refractivity contribution in [3.05, 3.63) is 34.9 Å². The van der Waals surface area contributed by atoms with Crippen LogP contribution in [0.1, 0.15) is 28.4 Å². The molecule has 1 heterocycles. The van der Waals surface area contributed by atoms with Gasteiger partial charge in [-0.3, -0.25) is 4.79 Å². The molecule has 0 amide bonds. The zero-order chi connectivity index (χ0) is 10.1. The third kappa shape index (κ3) is 1.31. The van der Waals surface area contributed by atoms with Crippen molar-refractivity contribution in [1.29, 1.82) is 0 Å². The molecule has 0 saturated heterocycles. The molecule has 2 rings (SSSR count). The van der Waals surface area contributed by atoms with E-state index in [0.717, 1.165) is 17.5 Å². The normalized spacial score (nSPS) is 14.9. The van der Waals surface area contributed by atoms with E-state index in [2.05, 4.69) is 4.74 Å². The van der Waals surface area contributed by atoms with Gasteiger partial charge in [0.15, 0.2) is 0 Å². The fraction of sp³-hybridized carbons (Fsp3) is 0.273. The van der Waals surface area contributed by atoms with Crippen molar-refractivity contribution in [3.8, 4) is 0 Å². The number of aryl methyl sites for hydroxylation is 1. The van der Waals surface area contributed by atoms with Gasteiger partial charge in [0.1, 0.15) is 0 Å². The molecule has 0 saturated carbocycles. The summed E-state index contributed by atoms with van der Waals surface area (Å²) in [7, 11) is 0. The summed E-state index contributed by atoms with van der Waals surface area (Å²) >= 11 is 0. The first-order chi connectivity index (χ1) is 6.72. The van der Waals surface area contributed by atoms with Gasteiger partial charge in [-0.25, -0.2) is 4.79 Å². The smallest absolute Gasteiger partial charge is 0.346 e. The lowest BCUT2D eigenvalue weighted by Gasteiger charge is -2.16. The summed E-state index contributed by atoms with van der Waals surface area (Å²) < 4.78 is 4.53. The largest absolute Gasteiger partial charge is 0.389 e. The quantitative estimate of drug-likeness (QED) is 0.497. The Balaban J connectivity index is 2.58. The highest BCUT2D eigenvalue weighted by Crippen LogP contribution is 2.21. The van der Waals surface area contributed by atoms with Crippen molar-refractivity contribution in [2.24, 2.45) is 0 Å². The number of carbonyl (C=O) groups excluding carboxylic acids is 2. The Labute approximate surface area is 81.7 Å². The predicted octanol–water partition coefficient (Wildman–Crippen LogP) is 1.49. The Hall–Kier alpha value is -1.64. The zero-order valence-corrected chi connectivity index (χ0v) is 7.87. The second kappa shape index (κ2) is 3.25. The van der Waals surface area contributed by atoms with Gasteiger partial charge < -0.3 is 4.74 Å². The van der Waals surface area contributed by atoms with Crippen LogP contribution in [0, 0.1) is 0 Å². The molecule has 1 aliphatic rings. The van der Waals surface area contributed by atoms with Crippen LogP contribution in [0.2, 0.25) is 0 Å². The first kappa shape index (κ1) is 8.94. The number of hydrogen-bond acceptors (Lipinski definition) is 3. The molecule has 0 radical (unpaired) electrons. The molecule has 0 aliphatic carbocycles. The monoisotopic (exact) mass is 190 g/mol. The van der Waals surface area contributed by atoms with E-state index in [-0.39, 0.29) is 6.42 Å². The summed E-state index contributed by atoms with van der Waals surface area (Å²) in [4.78, 5) is 22.4. The van der Waals surface area contributed by atoms with Crippen molar-refractivity contribution in [2.45, 2.75) is 19.8 Å². The van der Waals surface area contributed by atoms with E-state index in [0.29, 0.717) is 5.56 Å². The molecule has 72 valence electrons. The van der Waals surface area contributed by atoms with Crippen LogP contribution < -0.4 is 0 Å². The maximum absolute atomic E-state index is 11.3. The van der Waals surface area contributed by atoms with Crippen LogP contribution >= 0.6 is 0 Å². The molecule has 3 heteroatoms. The second-order valence-corrected chi connectivity index (χ2v) is 3.24. The lowest BCUT2D eigenvalue weighted by Crippen LogP contribution is -2.23. The van der Waals surface area contributed by atoms with Gasteiger partial charge in [-0.1, -0.05) is 19.1 Å². The van der Waals surface area contributed by atoms with E-state index in [1.165, 1.54) is 0 Å². The Kier molecular flexibility index (Phi) is 2.08. The minimum Gasteiger partial charge on any atom is -0.389 e. The van der Waals surface area contributed by atoms with Crippen LogP contribution in [0.15, 0.2) is 18.2 Å². The topological polar surface area (TPSA) is 43.4 Å². The van der Waals surface area contributed by atoms with Crippen molar-refractivity contribution in [1.82, 2.24) is 0 Å². The van der Waals surface area contributed by atoms with Crippen LogP contribution in [0.25, 0.3) is 0 Å². The highest BCUT2D eigenvalue weighted by molar-refractivity contribution is 6.02. The van der Waals surface area contributed by atoms with Gasteiger partial charge in [0.2, 0.25) is 0 Å². The third-order valence-electron chi connectivity index (χ3n) is 2.40. The van der Waals surface area contributed by atoms with Gasteiger partial charge in [0.25, 0.3) is 0 Å². The number of hydrogen-bond donors (Lipinski definition) is 0. The van der Waals surface area contributed by atoms with E-state index < -0.39 is 11.9 Å². The molecule has 1 aromatic rings. The summed E-state index contributed by atoms with van der Waals surface area (Å²) in [5.41, 5.74) is 2.41. The number of rotatable bonds is 1. The number of carbonyl (C=O) groups is 2. The van der Waals surface area contributed by atoms with E-state index >= 15 is 0 Å². The summed E-state index contributed by atoms with van der Waals surface area (Å²) in [6.07, 6.45) is 1.04. The molecule has 3 nitrogen and oxygen atoms in total. The zero-order valence-electron chi connectivity index (χ0n) is 7.87. The lowest BCUT2D eigenvalue weighted by atomic mass is 9.95. The van der Waals surface area contributed by atoms with E-state index in [4.69, 9.17) is 0 Å². The van der Waals surface area contributed by atoms with Crippen molar-refractivity contribution in [2.75, 3.05) is 0 Å². The number of esters is 2. The predicted molar refractivity (Wildman–Crippen MR) is 49.9 cm³/mol. The van der Waals surface area contributed by atoms with Gasteiger partial charge in [-0.15, -0.1) is 0 Å². The van der Waals surface area contributed by atoms with Crippen LogP contribution in [0.3, 0.4) is 0 Å². The third-order valence-corrected chi connectivity index (χ3v) is 2.40. The van der Waals surface area contributed by atoms with Gasteiger partial charge in [-0.05, 0) is 23.6 Å². The molecule has 0 aromatic heterocycles. The second-order valence-electron chi connectivity index (χ2n) is 3.24. The average Bonchev–Trinajstić information content (AvgIpc) is 2.17. The van der Waals surface area contributed by atoms with E-state index in [1.807, 2.05) is 19.1 Å². The number of cyclic esters (lactones) is 2. The van der Waals surface area contributed by atoms with Crippen LogP contribution in [0.4, 0.5) is 0 Å². The Morgan fingerprint density at radius 2 is 2.14 bits per heavy atom. The average molecular weight is 190 g/mol. The SMILES string of the molecule is CCc1cccc2c1CC(=O)OC2=O. The van der Waals surface area contributed by atoms with E-state index in [9.17, 15) is 9.59 Å². The summed E-state index contributed by atoms with van der Waals surface area (Å²) in [6, 6.07) is 5.45. The standard InChI is InChI=1S/C11H10O3/c1-2-7-4-3-5-8-9(7)6-10(12)14-11(8)13/h3-5H,2,6H2,1H3.